The monoisotopic (exact) mass is 680 g/mol. The Morgan fingerprint density at radius 2 is 1.75 bits per heavy atom. The Balaban J connectivity index is 1.34. The summed E-state index contributed by atoms with van der Waals surface area (Å²) in [6, 6.07) is 5.15. The third-order valence-electron chi connectivity index (χ3n) is 9.64. The molecule has 1 saturated heterocycles. The number of halogens is 1. The number of hydrogen-bond acceptors (Lipinski definition) is 9. The Morgan fingerprint density at radius 3 is 2.40 bits per heavy atom. The fourth-order valence-corrected chi connectivity index (χ4v) is 7.12. The van der Waals surface area contributed by atoms with Crippen LogP contribution in [0, 0.1) is 17.7 Å². The van der Waals surface area contributed by atoms with Crippen molar-refractivity contribution >= 4 is 40.7 Å². The van der Waals surface area contributed by atoms with Gasteiger partial charge in [-0.05, 0) is 74.9 Å². The summed E-state index contributed by atoms with van der Waals surface area (Å²) in [7, 11) is 1.99. The second-order valence-corrected chi connectivity index (χ2v) is 14.1. The lowest BCUT2D eigenvalue weighted by Crippen LogP contribution is -2.55. The van der Waals surface area contributed by atoms with Gasteiger partial charge < -0.3 is 20.4 Å². The molecule has 48 heavy (non-hydrogen) atoms. The van der Waals surface area contributed by atoms with Crippen LogP contribution < -0.4 is 10.6 Å². The van der Waals surface area contributed by atoms with Crippen LogP contribution in [-0.4, -0.2) is 91.9 Å². The zero-order valence-electron chi connectivity index (χ0n) is 28.0. The first-order valence-corrected chi connectivity index (χ1v) is 17.5. The van der Waals surface area contributed by atoms with Gasteiger partial charge in [0.1, 0.15) is 22.4 Å². The molecule has 2 N–H and O–H groups in total. The fourth-order valence-electron chi connectivity index (χ4n) is 6.70. The van der Waals surface area contributed by atoms with E-state index in [-0.39, 0.29) is 46.5 Å². The van der Waals surface area contributed by atoms with Gasteiger partial charge in [-0.2, -0.15) is 5.10 Å². The van der Waals surface area contributed by atoms with Crippen LogP contribution in [0.5, 0.6) is 0 Å². The van der Waals surface area contributed by atoms with E-state index in [4.69, 9.17) is 0 Å². The van der Waals surface area contributed by atoms with E-state index >= 15 is 4.39 Å². The molecule has 2 fully saturated rings. The highest BCUT2D eigenvalue weighted by Gasteiger charge is 2.35. The Morgan fingerprint density at radius 1 is 1.02 bits per heavy atom. The van der Waals surface area contributed by atoms with E-state index in [2.05, 4.69) is 30.2 Å². The Hall–Kier alpha value is -4.04. The molecule has 0 radical (unpaired) electrons. The highest BCUT2D eigenvalue weighted by Crippen LogP contribution is 2.34. The lowest BCUT2D eigenvalue weighted by atomic mass is 9.77. The molecule has 0 bridgehead atoms. The number of anilines is 1. The maximum Gasteiger partial charge on any atom is 0.265 e. The average molecular weight is 681 g/mol. The van der Waals surface area contributed by atoms with Gasteiger partial charge in [0, 0.05) is 56.7 Å². The van der Waals surface area contributed by atoms with E-state index in [1.807, 2.05) is 20.9 Å². The van der Waals surface area contributed by atoms with Crippen molar-refractivity contribution in [3.63, 3.8) is 0 Å². The molecule has 1 aromatic carbocycles. The zero-order chi connectivity index (χ0) is 34.4. The van der Waals surface area contributed by atoms with E-state index < -0.39 is 29.6 Å². The molecule has 258 valence electrons. The molecule has 3 atom stereocenters. The molecule has 1 aliphatic carbocycles. The molecule has 0 spiro atoms. The van der Waals surface area contributed by atoms with Gasteiger partial charge in [0.25, 0.3) is 5.91 Å². The number of benzene rings is 1. The molecule has 14 heteroatoms. The zero-order valence-corrected chi connectivity index (χ0v) is 28.8. The van der Waals surface area contributed by atoms with Gasteiger partial charge in [-0.3, -0.25) is 23.9 Å². The maximum absolute atomic E-state index is 15.8. The van der Waals surface area contributed by atoms with Crippen molar-refractivity contribution in [1.29, 1.82) is 0 Å². The fraction of sp³-hybridized carbons (Fsp3) is 0.559. The third-order valence-corrected chi connectivity index (χ3v) is 10.3. The second-order valence-electron chi connectivity index (χ2n) is 13.3. The molecular weight excluding hydrogens is 635 g/mol. The highest BCUT2D eigenvalue weighted by molar-refractivity contribution is 7.07. The largest absolute Gasteiger partial charge is 0.339 e. The topological polar surface area (TPSA) is 142 Å². The SMILES string of the molecule is CC(C)n1nccc1C(=O)C[C@H](C(=O)Nc1ccc([C@H](C)[C@@H](NC(=O)c2cnns2)C(=O)N2CCN(C)CC2)cc1F)C1CCCCC1. The number of piperazine rings is 1. The van der Waals surface area contributed by atoms with E-state index in [0.29, 0.717) is 37.4 Å². The van der Waals surface area contributed by atoms with E-state index in [1.165, 1.54) is 18.3 Å². The summed E-state index contributed by atoms with van der Waals surface area (Å²) in [4.78, 5) is 58.1. The predicted octanol–water partition coefficient (Wildman–Crippen LogP) is 4.54. The minimum atomic E-state index is -0.969. The number of ketones is 1. The minimum absolute atomic E-state index is 0.00172. The molecule has 3 heterocycles. The molecule has 3 amide bonds. The van der Waals surface area contributed by atoms with Crippen molar-refractivity contribution in [2.24, 2.45) is 11.8 Å². The molecule has 1 aliphatic heterocycles. The molecule has 1 saturated carbocycles. The van der Waals surface area contributed by atoms with Crippen molar-refractivity contribution < 1.29 is 23.6 Å². The summed E-state index contributed by atoms with van der Waals surface area (Å²) in [5.41, 5.74) is 0.947. The molecule has 2 aliphatic rings. The quantitative estimate of drug-likeness (QED) is 0.266. The molecule has 5 rings (SSSR count). The van der Waals surface area contributed by atoms with Gasteiger partial charge in [-0.25, -0.2) is 4.39 Å². The highest BCUT2D eigenvalue weighted by atomic mass is 32.1. The minimum Gasteiger partial charge on any atom is -0.339 e. The Labute approximate surface area is 284 Å². The van der Waals surface area contributed by atoms with Crippen LogP contribution in [0.4, 0.5) is 10.1 Å². The van der Waals surface area contributed by atoms with Crippen LogP contribution in [0.3, 0.4) is 0 Å². The van der Waals surface area contributed by atoms with E-state index in [9.17, 15) is 19.2 Å². The molecule has 12 nitrogen and oxygen atoms in total. The van der Waals surface area contributed by atoms with E-state index in [1.54, 1.807) is 34.8 Å². The van der Waals surface area contributed by atoms with Crippen molar-refractivity contribution in [2.45, 2.75) is 77.3 Å². The first-order valence-electron chi connectivity index (χ1n) is 16.8. The number of amides is 3. The van der Waals surface area contributed by atoms with Crippen molar-refractivity contribution in [3.05, 3.63) is 58.6 Å². The second kappa shape index (κ2) is 15.9. The first kappa shape index (κ1) is 35.3. The Bertz CT molecular complexity index is 1580. The lowest BCUT2D eigenvalue weighted by Gasteiger charge is -2.36. The van der Waals surface area contributed by atoms with Crippen molar-refractivity contribution in [2.75, 3.05) is 38.5 Å². The number of nitrogens with zero attached hydrogens (tertiary/aromatic N) is 6. The van der Waals surface area contributed by atoms with Crippen molar-refractivity contribution in [3.8, 4) is 0 Å². The lowest BCUT2D eigenvalue weighted by molar-refractivity contribution is -0.135. The van der Waals surface area contributed by atoms with Crippen LogP contribution in [-0.2, 0) is 9.59 Å². The number of nitrogens with one attached hydrogen (secondary N) is 2. The van der Waals surface area contributed by atoms with Gasteiger partial charge in [0.05, 0.1) is 11.9 Å². The average Bonchev–Trinajstić information content (AvgIpc) is 3.81. The van der Waals surface area contributed by atoms with Crippen molar-refractivity contribution in [1.82, 2.24) is 34.5 Å². The summed E-state index contributed by atoms with van der Waals surface area (Å²) >= 11 is 0.925. The van der Waals surface area contributed by atoms with Crippen LogP contribution in [0.25, 0.3) is 0 Å². The molecule has 2 aromatic heterocycles. The normalized spacial score (nSPS) is 17.9. The van der Waals surface area contributed by atoms with Gasteiger partial charge in [0.15, 0.2) is 5.78 Å². The van der Waals surface area contributed by atoms with E-state index in [0.717, 1.165) is 43.6 Å². The smallest absolute Gasteiger partial charge is 0.265 e. The predicted molar refractivity (Wildman–Crippen MR) is 180 cm³/mol. The number of likely N-dealkylation sites (N-methyl/N-ethyl adjacent to an activating group) is 1. The number of carbonyl (C=O) groups excluding carboxylic acids is 4. The summed E-state index contributed by atoms with van der Waals surface area (Å²) < 4.78 is 21.2. The third kappa shape index (κ3) is 8.32. The first-order chi connectivity index (χ1) is 23.0. The van der Waals surface area contributed by atoms with Crippen LogP contribution in [0.1, 0.15) is 97.0 Å². The summed E-state index contributed by atoms with van der Waals surface area (Å²) in [5, 5.41) is 13.6. The Kier molecular flexibility index (Phi) is 11.7. The van der Waals surface area contributed by atoms with Gasteiger partial charge in [0.2, 0.25) is 11.8 Å². The number of rotatable bonds is 12. The van der Waals surface area contributed by atoms with Crippen LogP contribution in [0.15, 0.2) is 36.7 Å². The van der Waals surface area contributed by atoms with Gasteiger partial charge in [-0.1, -0.05) is 36.7 Å². The number of carbonyl (C=O) groups is 4. The molecular formula is C34H45FN8O4S. The summed E-state index contributed by atoms with van der Waals surface area (Å²) in [5.74, 6) is -3.15. The van der Waals surface area contributed by atoms with Gasteiger partial charge in [-0.15, -0.1) is 5.10 Å². The molecule has 0 unspecified atom stereocenters. The number of Topliss-reactive ketones (excluding diaryl/α,β-unsaturated/α-hetero) is 1. The van der Waals surface area contributed by atoms with Crippen LogP contribution >= 0.6 is 11.5 Å². The summed E-state index contributed by atoms with van der Waals surface area (Å²) in [6.45, 7) is 8.10. The number of hydrogen-bond donors (Lipinski definition) is 2. The van der Waals surface area contributed by atoms with Gasteiger partial charge >= 0.3 is 0 Å². The molecule has 3 aromatic rings. The standard InChI is InChI=1S/C34H45FN8O4S/c1-21(2)43-28(12-13-37-43)29(44)19-25(23-8-6-5-7-9-23)32(45)38-27-11-10-24(18-26(27)35)22(3)31(39-33(46)30-20-36-40-48-30)34(47)42-16-14-41(4)15-17-42/h10-13,18,20-23,25,31H,5-9,14-17,19H2,1-4H3,(H,38,45)(H,39,46)/t22-,25-,31+/m0/s1. The number of aromatic nitrogens is 4. The van der Waals surface area contributed by atoms with Crippen LogP contribution in [0.2, 0.25) is 0 Å². The maximum atomic E-state index is 15.8. The summed E-state index contributed by atoms with van der Waals surface area (Å²) in [6.07, 6.45) is 7.66.